The second-order valence-electron chi connectivity index (χ2n) is 6.03. The van der Waals surface area contributed by atoms with Crippen LogP contribution in [-0.2, 0) is 9.53 Å². The maximum Gasteiger partial charge on any atom is 0.238 e. The second kappa shape index (κ2) is 7.61. The SMILES string of the molecule is O=C(CN1CCCCC1)Nc1ccc(N2CCOCC2)cc1. The molecule has 1 amide bonds. The number of carbonyl (C=O) groups excluding carboxylic acids is 1. The highest BCUT2D eigenvalue weighted by atomic mass is 16.5. The molecule has 0 radical (unpaired) electrons. The number of rotatable bonds is 4. The first-order valence-electron chi connectivity index (χ1n) is 8.26. The molecule has 5 heteroatoms. The lowest BCUT2D eigenvalue weighted by Crippen LogP contribution is -2.37. The predicted molar refractivity (Wildman–Crippen MR) is 88.4 cm³/mol. The molecule has 5 nitrogen and oxygen atoms in total. The van der Waals surface area contributed by atoms with Crippen LogP contribution in [0.3, 0.4) is 0 Å². The molecule has 2 saturated heterocycles. The minimum atomic E-state index is 0.0843. The molecular formula is C17H25N3O2. The Kier molecular flexibility index (Phi) is 5.29. The molecular weight excluding hydrogens is 278 g/mol. The normalized spacial score (nSPS) is 19.9. The molecule has 1 aromatic carbocycles. The zero-order chi connectivity index (χ0) is 15.2. The Morgan fingerprint density at radius 1 is 1.00 bits per heavy atom. The van der Waals surface area contributed by atoms with Crippen molar-refractivity contribution in [3.8, 4) is 0 Å². The van der Waals surface area contributed by atoms with Crippen molar-refractivity contribution >= 4 is 17.3 Å². The Labute approximate surface area is 132 Å². The number of benzene rings is 1. The summed E-state index contributed by atoms with van der Waals surface area (Å²) in [6.45, 7) is 6.03. The number of ether oxygens (including phenoxy) is 1. The van der Waals surface area contributed by atoms with Gasteiger partial charge in [-0.25, -0.2) is 0 Å². The fraction of sp³-hybridized carbons (Fsp3) is 0.588. The van der Waals surface area contributed by atoms with E-state index < -0.39 is 0 Å². The lowest BCUT2D eigenvalue weighted by Gasteiger charge is -2.29. The zero-order valence-corrected chi connectivity index (χ0v) is 13.1. The number of likely N-dealkylation sites (tertiary alicyclic amines) is 1. The van der Waals surface area contributed by atoms with Crippen molar-refractivity contribution in [1.82, 2.24) is 4.90 Å². The van der Waals surface area contributed by atoms with Crippen LogP contribution in [0.4, 0.5) is 11.4 Å². The third kappa shape index (κ3) is 4.21. The topological polar surface area (TPSA) is 44.8 Å². The van der Waals surface area contributed by atoms with Gasteiger partial charge in [0.2, 0.25) is 5.91 Å². The monoisotopic (exact) mass is 303 g/mol. The first-order chi connectivity index (χ1) is 10.8. The van der Waals surface area contributed by atoms with Crippen LogP contribution < -0.4 is 10.2 Å². The van der Waals surface area contributed by atoms with E-state index in [4.69, 9.17) is 4.74 Å². The fourth-order valence-electron chi connectivity index (χ4n) is 3.10. The van der Waals surface area contributed by atoms with E-state index in [-0.39, 0.29) is 5.91 Å². The number of anilines is 2. The molecule has 1 aromatic rings. The van der Waals surface area contributed by atoms with E-state index in [2.05, 4.69) is 27.2 Å². The molecule has 3 rings (SSSR count). The summed E-state index contributed by atoms with van der Waals surface area (Å²) >= 11 is 0. The van der Waals surface area contributed by atoms with Crippen LogP contribution in [0.15, 0.2) is 24.3 Å². The van der Waals surface area contributed by atoms with Gasteiger partial charge in [0.05, 0.1) is 19.8 Å². The van der Waals surface area contributed by atoms with Crippen LogP contribution in [0.5, 0.6) is 0 Å². The summed E-state index contributed by atoms with van der Waals surface area (Å²) in [6.07, 6.45) is 3.71. The van der Waals surface area contributed by atoms with Gasteiger partial charge < -0.3 is 15.0 Å². The molecule has 0 aromatic heterocycles. The lowest BCUT2D eigenvalue weighted by molar-refractivity contribution is -0.117. The van der Waals surface area contributed by atoms with Gasteiger partial charge in [0.25, 0.3) is 0 Å². The molecule has 0 unspecified atom stereocenters. The van der Waals surface area contributed by atoms with Crippen molar-refractivity contribution in [3.05, 3.63) is 24.3 Å². The van der Waals surface area contributed by atoms with E-state index in [1.807, 2.05) is 12.1 Å². The minimum Gasteiger partial charge on any atom is -0.378 e. The third-order valence-electron chi connectivity index (χ3n) is 4.34. The van der Waals surface area contributed by atoms with E-state index >= 15 is 0 Å². The summed E-state index contributed by atoms with van der Waals surface area (Å²) in [5.74, 6) is 0.0843. The number of morpholine rings is 1. The number of piperidine rings is 1. The molecule has 2 heterocycles. The van der Waals surface area contributed by atoms with Gasteiger partial charge in [-0.1, -0.05) is 6.42 Å². The number of amides is 1. The molecule has 0 aliphatic carbocycles. The highest BCUT2D eigenvalue weighted by Crippen LogP contribution is 2.19. The molecule has 0 saturated carbocycles. The first-order valence-corrected chi connectivity index (χ1v) is 8.26. The van der Waals surface area contributed by atoms with Gasteiger partial charge in [-0.15, -0.1) is 0 Å². The van der Waals surface area contributed by atoms with Crippen LogP contribution in [0.1, 0.15) is 19.3 Å². The quantitative estimate of drug-likeness (QED) is 0.923. The van der Waals surface area contributed by atoms with E-state index in [0.29, 0.717) is 6.54 Å². The Bertz CT molecular complexity index is 477. The summed E-state index contributed by atoms with van der Waals surface area (Å²) in [7, 11) is 0. The van der Waals surface area contributed by atoms with E-state index in [1.165, 1.54) is 24.9 Å². The Morgan fingerprint density at radius 2 is 1.68 bits per heavy atom. The molecule has 0 spiro atoms. The highest BCUT2D eigenvalue weighted by molar-refractivity contribution is 5.92. The van der Waals surface area contributed by atoms with Gasteiger partial charge >= 0.3 is 0 Å². The molecule has 1 N–H and O–H groups in total. The smallest absolute Gasteiger partial charge is 0.238 e. The average molecular weight is 303 g/mol. The molecule has 120 valence electrons. The van der Waals surface area contributed by atoms with Crippen molar-refractivity contribution < 1.29 is 9.53 Å². The molecule has 2 aliphatic heterocycles. The predicted octanol–water partition coefficient (Wildman–Crippen LogP) is 1.95. The van der Waals surface area contributed by atoms with E-state index in [1.54, 1.807) is 0 Å². The van der Waals surface area contributed by atoms with E-state index in [9.17, 15) is 4.79 Å². The number of hydrogen-bond donors (Lipinski definition) is 1. The van der Waals surface area contributed by atoms with Crippen molar-refractivity contribution in [2.75, 3.05) is 56.2 Å². The number of nitrogens with zero attached hydrogens (tertiary/aromatic N) is 2. The van der Waals surface area contributed by atoms with Gasteiger partial charge in [0.15, 0.2) is 0 Å². The van der Waals surface area contributed by atoms with Gasteiger partial charge in [-0.2, -0.15) is 0 Å². The number of nitrogens with one attached hydrogen (secondary N) is 1. The van der Waals surface area contributed by atoms with Crippen molar-refractivity contribution in [3.63, 3.8) is 0 Å². The van der Waals surface area contributed by atoms with Gasteiger partial charge in [-0.3, -0.25) is 9.69 Å². The Balaban J connectivity index is 1.50. The van der Waals surface area contributed by atoms with Crippen LogP contribution >= 0.6 is 0 Å². The van der Waals surface area contributed by atoms with Gasteiger partial charge in [0.1, 0.15) is 0 Å². The van der Waals surface area contributed by atoms with Crippen LogP contribution in [-0.4, -0.2) is 56.7 Å². The maximum atomic E-state index is 12.1. The summed E-state index contributed by atoms with van der Waals surface area (Å²) < 4.78 is 5.37. The average Bonchev–Trinajstić information content (AvgIpc) is 2.57. The molecule has 2 aliphatic rings. The summed E-state index contributed by atoms with van der Waals surface area (Å²) in [6, 6.07) is 8.11. The standard InChI is InChI=1S/C17H25N3O2/c21-17(14-19-8-2-1-3-9-19)18-15-4-6-16(7-5-15)20-10-12-22-13-11-20/h4-7H,1-3,8-14H2,(H,18,21). The fourth-order valence-corrected chi connectivity index (χ4v) is 3.10. The number of hydrogen-bond acceptors (Lipinski definition) is 4. The van der Waals surface area contributed by atoms with Crippen LogP contribution in [0, 0.1) is 0 Å². The molecule has 0 atom stereocenters. The highest BCUT2D eigenvalue weighted by Gasteiger charge is 2.14. The molecule has 2 fully saturated rings. The van der Waals surface area contributed by atoms with Gasteiger partial charge in [0, 0.05) is 24.5 Å². The molecule has 22 heavy (non-hydrogen) atoms. The Hall–Kier alpha value is -1.59. The van der Waals surface area contributed by atoms with Crippen molar-refractivity contribution in [2.24, 2.45) is 0 Å². The van der Waals surface area contributed by atoms with Crippen LogP contribution in [0.25, 0.3) is 0 Å². The van der Waals surface area contributed by atoms with Gasteiger partial charge in [-0.05, 0) is 50.2 Å². The molecule has 0 bridgehead atoms. The summed E-state index contributed by atoms with van der Waals surface area (Å²) in [5.41, 5.74) is 2.07. The summed E-state index contributed by atoms with van der Waals surface area (Å²) in [4.78, 5) is 16.6. The van der Waals surface area contributed by atoms with Crippen molar-refractivity contribution in [1.29, 1.82) is 0 Å². The van der Waals surface area contributed by atoms with Crippen LogP contribution in [0.2, 0.25) is 0 Å². The zero-order valence-electron chi connectivity index (χ0n) is 13.1. The Morgan fingerprint density at radius 3 is 2.36 bits per heavy atom. The maximum absolute atomic E-state index is 12.1. The lowest BCUT2D eigenvalue weighted by atomic mass is 10.1. The van der Waals surface area contributed by atoms with E-state index in [0.717, 1.165) is 45.1 Å². The second-order valence-corrected chi connectivity index (χ2v) is 6.03. The minimum absolute atomic E-state index is 0.0843. The third-order valence-corrected chi connectivity index (χ3v) is 4.34. The largest absolute Gasteiger partial charge is 0.378 e. The summed E-state index contributed by atoms with van der Waals surface area (Å²) in [5, 5.41) is 3.00. The first kappa shape index (κ1) is 15.3. The van der Waals surface area contributed by atoms with Crippen molar-refractivity contribution in [2.45, 2.75) is 19.3 Å². The number of carbonyl (C=O) groups is 1.